The molecule has 1 saturated heterocycles. The van der Waals surface area contributed by atoms with E-state index in [1.54, 1.807) is 0 Å². The van der Waals surface area contributed by atoms with Crippen LogP contribution in [0.5, 0.6) is 0 Å². The third-order valence-corrected chi connectivity index (χ3v) is 9.74. The molecular formula is C38H40N4O2. The van der Waals surface area contributed by atoms with Crippen LogP contribution in [0.15, 0.2) is 97.1 Å². The van der Waals surface area contributed by atoms with Gasteiger partial charge in [0.2, 0.25) is 5.91 Å². The second-order valence-electron chi connectivity index (χ2n) is 12.3. The Bertz CT molecular complexity index is 1630. The van der Waals surface area contributed by atoms with Crippen molar-refractivity contribution in [3.05, 3.63) is 125 Å². The van der Waals surface area contributed by atoms with E-state index < -0.39 is 5.41 Å². The van der Waals surface area contributed by atoms with Crippen LogP contribution in [-0.4, -0.2) is 60.9 Å². The quantitative estimate of drug-likeness (QED) is 0.268. The van der Waals surface area contributed by atoms with Crippen LogP contribution in [0.1, 0.15) is 52.4 Å². The van der Waals surface area contributed by atoms with Gasteiger partial charge in [-0.15, -0.1) is 0 Å². The monoisotopic (exact) mass is 584 g/mol. The SMILES string of the molecule is CCNC(=O)C1(CCCN2CCN(c3ccc4c(c3)C(=O)N(Cc3ccccc3)C4)CC2)c2ccccc2-c2ccccc21. The first kappa shape index (κ1) is 28.4. The van der Waals surface area contributed by atoms with E-state index in [1.807, 2.05) is 30.0 Å². The average molecular weight is 585 g/mol. The summed E-state index contributed by atoms with van der Waals surface area (Å²) in [6.07, 6.45) is 1.71. The Labute approximate surface area is 260 Å². The zero-order chi connectivity index (χ0) is 30.1. The molecule has 3 aliphatic rings. The molecule has 44 heavy (non-hydrogen) atoms. The van der Waals surface area contributed by atoms with E-state index in [4.69, 9.17) is 0 Å². The summed E-state index contributed by atoms with van der Waals surface area (Å²) in [4.78, 5) is 34.0. The van der Waals surface area contributed by atoms with Gasteiger partial charge in [0.1, 0.15) is 5.41 Å². The molecule has 1 aliphatic carbocycles. The summed E-state index contributed by atoms with van der Waals surface area (Å²) < 4.78 is 0. The highest BCUT2D eigenvalue weighted by Crippen LogP contribution is 2.51. The van der Waals surface area contributed by atoms with Crippen LogP contribution < -0.4 is 10.2 Å². The van der Waals surface area contributed by atoms with Gasteiger partial charge in [-0.1, -0.05) is 84.9 Å². The van der Waals surface area contributed by atoms with Crippen molar-refractivity contribution in [1.29, 1.82) is 0 Å². The van der Waals surface area contributed by atoms with Gasteiger partial charge >= 0.3 is 0 Å². The molecule has 2 amide bonds. The van der Waals surface area contributed by atoms with Crippen LogP contribution in [0.3, 0.4) is 0 Å². The van der Waals surface area contributed by atoms with E-state index in [9.17, 15) is 9.59 Å². The van der Waals surface area contributed by atoms with E-state index in [1.165, 1.54) is 11.1 Å². The molecule has 0 aromatic heterocycles. The van der Waals surface area contributed by atoms with Crippen molar-refractivity contribution in [3.8, 4) is 11.1 Å². The van der Waals surface area contributed by atoms with E-state index in [0.29, 0.717) is 19.6 Å². The molecular weight excluding hydrogens is 544 g/mol. The smallest absolute Gasteiger partial charge is 0.254 e. The van der Waals surface area contributed by atoms with Crippen molar-refractivity contribution < 1.29 is 9.59 Å². The maximum absolute atomic E-state index is 13.8. The maximum Gasteiger partial charge on any atom is 0.254 e. The first-order valence-electron chi connectivity index (χ1n) is 16.0. The fourth-order valence-corrected chi connectivity index (χ4v) is 7.54. The largest absolute Gasteiger partial charge is 0.369 e. The number of amides is 2. The lowest BCUT2D eigenvalue weighted by atomic mass is 9.73. The van der Waals surface area contributed by atoms with E-state index in [-0.39, 0.29) is 11.8 Å². The molecule has 4 aromatic carbocycles. The standard InChI is InChI=1S/C38H40N4O2/c1-2-39-37(44)38(34-15-8-6-13-31(34)32-14-7-9-16-35(32)38)19-10-20-40-21-23-41(24-22-40)30-18-17-29-27-42(36(43)33(29)25-30)26-28-11-4-3-5-12-28/h3-9,11-18,25H,2,10,19-24,26-27H2,1H3,(H,39,44). The molecule has 0 radical (unpaired) electrons. The number of benzene rings is 4. The molecule has 224 valence electrons. The summed E-state index contributed by atoms with van der Waals surface area (Å²) in [6, 6.07) is 33.5. The normalized spacial score (nSPS) is 16.9. The number of carbonyl (C=O) groups is 2. The number of piperazine rings is 1. The molecule has 6 heteroatoms. The molecule has 0 spiro atoms. The fraction of sp³-hybridized carbons (Fsp3) is 0.316. The average Bonchev–Trinajstić information content (AvgIpc) is 3.53. The Hall–Kier alpha value is -4.42. The lowest BCUT2D eigenvalue weighted by Gasteiger charge is -2.37. The first-order valence-corrected chi connectivity index (χ1v) is 16.0. The number of hydrogen-bond donors (Lipinski definition) is 1. The van der Waals surface area contributed by atoms with Gasteiger partial charge in [-0.05, 0) is 71.8 Å². The zero-order valence-electron chi connectivity index (χ0n) is 25.5. The summed E-state index contributed by atoms with van der Waals surface area (Å²) in [7, 11) is 0. The Morgan fingerprint density at radius 1 is 0.795 bits per heavy atom. The molecule has 6 nitrogen and oxygen atoms in total. The molecule has 4 aromatic rings. The maximum atomic E-state index is 13.8. The second-order valence-corrected chi connectivity index (χ2v) is 12.3. The predicted molar refractivity (Wildman–Crippen MR) is 176 cm³/mol. The summed E-state index contributed by atoms with van der Waals surface area (Å²) in [5.41, 5.74) is 8.21. The minimum atomic E-state index is -0.656. The summed E-state index contributed by atoms with van der Waals surface area (Å²) in [6.45, 7) is 8.66. The molecule has 1 fully saturated rings. The van der Waals surface area contributed by atoms with Crippen molar-refractivity contribution in [3.63, 3.8) is 0 Å². The van der Waals surface area contributed by atoms with Gasteiger partial charge in [0.15, 0.2) is 0 Å². The van der Waals surface area contributed by atoms with Crippen LogP contribution in [0.4, 0.5) is 5.69 Å². The third kappa shape index (κ3) is 4.97. The van der Waals surface area contributed by atoms with E-state index in [2.05, 4.69) is 94.0 Å². The van der Waals surface area contributed by atoms with Crippen LogP contribution in [-0.2, 0) is 23.3 Å². The fourth-order valence-electron chi connectivity index (χ4n) is 7.54. The summed E-state index contributed by atoms with van der Waals surface area (Å²) in [5.74, 6) is 0.233. The van der Waals surface area contributed by atoms with Crippen LogP contribution >= 0.6 is 0 Å². The summed E-state index contributed by atoms with van der Waals surface area (Å²) >= 11 is 0. The molecule has 0 unspecified atom stereocenters. The van der Waals surface area contributed by atoms with Crippen LogP contribution in [0.25, 0.3) is 11.1 Å². The predicted octanol–water partition coefficient (Wildman–Crippen LogP) is 5.85. The van der Waals surface area contributed by atoms with Gasteiger partial charge in [-0.3, -0.25) is 14.5 Å². The molecule has 0 saturated carbocycles. The number of nitrogens with one attached hydrogen (secondary N) is 1. The molecule has 1 N–H and O–H groups in total. The zero-order valence-corrected chi connectivity index (χ0v) is 25.5. The summed E-state index contributed by atoms with van der Waals surface area (Å²) in [5, 5.41) is 3.17. The van der Waals surface area contributed by atoms with Crippen molar-refractivity contribution in [2.45, 2.75) is 38.3 Å². The van der Waals surface area contributed by atoms with Crippen LogP contribution in [0.2, 0.25) is 0 Å². The number of anilines is 1. The molecule has 7 rings (SSSR count). The number of rotatable bonds is 9. The van der Waals surface area contributed by atoms with Gasteiger partial charge in [0, 0.05) is 57.1 Å². The molecule has 2 heterocycles. The van der Waals surface area contributed by atoms with Gasteiger partial charge < -0.3 is 15.1 Å². The minimum absolute atomic E-state index is 0.107. The van der Waals surface area contributed by atoms with Gasteiger partial charge in [0.05, 0.1) is 0 Å². The Balaban J connectivity index is 0.993. The van der Waals surface area contributed by atoms with E-state index >= 15 is 0 Å². The van der Waals surface area contributed by atoms with Gasteiger partial charge in [-0.25, -0.2) is 0 Å². The van der Waals surface area contributed by atoms with Crippen molar-refractivity contribution in [2.75, 3.05) is 44.2 Å². The molecule has 0 atom stereocenters. The molecule has 2 aliphatic heterocycles. The minimum Gasteiger partial charge on any atom is -0.369 e. The van der Waals surface area contributed by atoms with Crippen LogP contribution in [0, 0.1) is 0 Å². The van der Waals surface area contributed by atoms with Crippen molar-refractivity contribution >= 4 is 17.5 Å². The van der Waals surface area contributed by atoms with E-state index in [0.717, 1.165) is 79.1 Å². The Morgan fingerprint density at radius 3 is 2.14 bits per heavy atom. The highest BCUT2D eigenvalue weighted by Gasteiger charge is 2.48. The lowest BCUT2D eigenvalue weighted by Crippen LogP contribution is -2.47. The lowest BCUT2D eigenvalue weighted by molar-refractivity contribution is -0.125. The highest BCUT2D eigenvalue weighted by atomic mass is 16.2. The van der Waals surface area contributed by atoms with Crippen molar-refractivity contribution in [2.24, 2.45) is 0 Å². The highest BCUT2D eigenvalue weighted by molar-refractivity contribution is 6.01. The Kier molecular flexibility index (Phi) is 7.69. The topological polar surface area (TPSA) is 55.9 Å². The second kappa shape index (κ2) is 11.9. The molecule has 0 bridgehead atoms. The third-order valence-electron chi connectivity index (χ3n) is 9.74. The van der Waals surface area contributed by atoms with Crippen molar-refractivity contribution in [1.82, 2.24) is 15.1 Å². The number of fused-ring (bicyclic) bond motifs is 4. The number of hydrogen-bond acceptors (Lipinski definition) is 4. The first-order chi connectivity index (χ1) is 21.6. The number of nitrogens with zero attached hydrogens (tertiary/aromatic N) is 3. The Morgan fingerprint density at radius 2 is 1.45 bits per heavy atom. The van der Waals surface area contributed by atoms with Gasteiger partial charge in [-0.2, -0.15) is 0 Å². The number of likely N-dealkylation sites (N-methyl/N-ethyl adjacent to an activating group) is 1. The van der Waals surface area contributed by atoms with Gasteiger partial charge in [0.25, 0.3) is 5.91 Å². The number of carbonyl (C=O) groups excluding carboxylic acids is 2.